The minimum atomic E-state index is -0.763. The van der Waals surface area contributed by atoms with E-state index in [4.69, 9.17) is 10.8 Å². The predicted octanol–water partition coefficient (Wildman–Crippen LogP) is 2.83. The average Bonchev–Trinajstić information content (AvgIpc) is 2.46. The number of aliphatic carboxylic acids is 1. The molecule has 0 spiro atoms. The summed E-state index contributed by atoms with van der Waals surface area (Å²) in [4.78, 5) is 10.5. The van der Waals surface area contributed by atoms with E-state index in [0.717, 1.165) is 22.3 Å². The highest BCUT2D eigenvalue weighted by molar-refractivity contribution is 5.67. The topological polar surface area (TPSA) is 63.3 Å². The molecule has 0 aliphatic rings. The first-order valence-electron chi connectivity index (χ1n) is 6.29. The Balaban J connectivity index is 2.10. The summed E-state index contributed by atoms with van der Waals surface area (Å²) < 4.78 is 0. The number of hydrogen-bond acceptors (Lipinski definition) is 2. The van der Waals surface area contributed by atoms with Crippen LogP contribution in [0.5, 0.6) is 0 Å². The van der Waals surface area contributed by atoms with Gasteiger partial charge in [-0.25, -0.2) is 0 Å². The molecule has 0 saturated carbocycles. The molecule has 2 aromatic carbocycles. The number of carboxylic acid groups (broad SMARTS) is 1. The molecule has 0 unspecified atom stereocenters. The fraction of sp³-hybridized carbons (Fsp3) is 0.188. The molecule has 0 aromatic heterocycles. The van der Waals surface area contributed by atoms with Crippen molar-refractivity contribution >= 4 is 5.97 Å². The van der Waals surface area contributed by atoms with Crippen molar-refractivity contribution in [2.75, 3.05) is 0 Å². The van der Waals surface area contributed by atoms with Gasteiger partial charge in [-0.3, -0.25) is 4.79 Å². The van der Waals surface area contributed by atoms with Gasteiger partial charge in [-0.1, -0.05) is 48.5 Å². The van der Waals surface area contributed by atoms with E-state index in [1.807, 2.05) is 36.4 Å². The molecule has 0 atom stereocenters. The maximum absolute atomic E-state index is 10.5. The van der Waals surface area contributed by atoms with Gasteiger partial charge in [-0.05, 0) is 28.7 Å². The summed E-state index contributed by atoms with van der Waals surface area (Å²) in [5.41, 5.74) is 10.00. The molecule has 0 fully saturated rings. The van der Waals surface area contributed by atoms with E-state index in [-0.39, 0.29) is 6.42 Å². The Kier molecular flexibility index (Phi) is 4.31. The molecule has 0 amide bonds. The van der Waals surface area contributed by atoms with Crippen molar-refractivity contribution in [1.82, 2.24) is 0 Å². The van der Waals surface area contributed by atoms with Crippen molar-refractivity contribution in [2.24, 2.45) is 5.73 Å². The largest absolute Gasteiger partial charge is 0.481 e. The third-order valence-electron chi connectivity index (χ3n) is 3.10. The number of benzene rings is 2. The summed E-state index contributed by atoms with van der Waals surface area (Å²) in [6, 6.07) is 16.2. The normalized spacial score (nSPS) is 10.4. The zero-order chi connectivity index (χ0) is 13.7. The van der Waals surface area contributed by atoms with Crippen molar-refractivity contribution in [1.29, 1.82) is 0 Å². The van der Waals surface area contributed by atoms with Crippen LogP contribution in [0.4, 0.5) is 0 Å². The van der Waals surface area contributed by atoms with Gasteiger partial charge in [0.15, 0.2) is 0 Å². The smallest absolute Gasteiger partial charge is 0.303 e. The molecule has 3 nitrogen and oxygen atoms in total. The lowest BCUT2D eigenvalue weighted by Crippen LogP contribution is -1.97. The number of hydrogen-bond donors (Lipinski definition) is 2. The molecule has 0 radical (unpaired) electrons. The number of aryl methyl sites for hydroxylation is 1. The van der Waals surface area contributed by atoms with E-state index in [1.165, 1.54) is 0 Å². The zero-order valence-electron chi connectivity index (χ0n) is 10.7. The van der Waals surface area contributed by atoms with E-state index in [2.05, 4.69) is 12.1 Å². The van der Waals surface area contributed by atoms with Crippen molar-refractivity contribution in [3.63, 3.8) is 0 Å². The van der Waals surface area contributed by atoms with E-state index < -0.39 is 5.97 Å². The van der Waals surface area contributed by atoms with E-state index >= 15 is 0 Å². The molecule has 19 heavy (non-hydrogen) atoms. The monoisotopic (exact) mass is 255 g/mol. The summed E-state index contributed by atoms with van der Waals surface area (Å²) >= 11 is 0. The number of carbonyl (C=O) groups is 1. The van der Waals surface area contributed by atoms with Crippen LogP contribution in [0.2, 0.25) is 0 Å². The maximum Gasteiger partial charge on any atom is 0.303 e. The predicted molar refractivity (Wildman–Crippen MR) is 75.7 cm³/mol. The molecule has 0 aliphatic carbocycles. The number of nitrogens with two attached hydrogens (primary N) is 1. The van der Waals surface area contributed by atoms with Crippen molar-refractivity contribution in [2.45, 2.75) is 19.4 Å². The van der Waals surface area contributed by atoms with Gasteiger partial charge in [0, 0.05) is 13.0 Å². The van der Waals surface area contributed by atoms with Crippen LogP contribution >= 0.6 is 0 Å². The van der Waals surface area contributed by atoms with Crippen molar-refractivity contribution < 1.29 is 9.90 Å². The van der Waals surface area contributed by atoms with E-state index in [0.29, 0.717) is 13.0 Å². The van der Waals surface area contributed by atoms with Gasteiger partial charge in [0.25, 0.3) is 0 Å². The molecular formula is C16H17NO2. The first kappa shape index (κ1) is 13.3. The fourth-order valence-corrected chi connectivity index (χ4v) is 1.95. The molecule has 0 heterocycles. The van der Waals surface area contributed by atoms with E-state index in [1.54, 1.807) is 0 Å². The summed E-state index contributed by atoms with van der Waals surface area (Å²) in [5.74, 6) is -0.763. The summed E-state index contributed by atoms with van der Waals surface area (Å²) in [6.45, 7) is 0.550. The second-order valence-corrected chi connectivity index (χ2v) is 4.49. The minimum absolute atomic E-state index is 0.171. The molecule has 3 heteroatoms. The van der Waals surface area contributed by atoms with Crippen LogP contribution in [-0.4, -0.2) is 11.1 Å². The lowest BCUT2D eigenvalue weighted by molar-refractivity contribution is -0.136. The lowest BCUT2D eigenvalue weighted by atomic mass is 10.0. The van der Waals surface area contributed by atoms with Crippen LogP contribution in [0.3, 0.4) is 0 Å². The van der Waals surface area contributed by atoms with Gasteiger partial charge in [0.05, 0.1) is 0 Å². The Hall–Kier alpha value is -2.13. The van der Waals surface area contributed by atoms with Crippen molar-refractivity contribution in [3.05, 3.63) is 59.7 Å². The summed E-state index contributed by atoms with van der Waals surface area (Å²) in [5, 5.41) is 8.65. The molecule has 3 N–H and O–H groups in total. The summed E-state index contributed by atoms with van der Waals surface area (Å²) in [6.07, 6.45) is 0.742. The van der Waals surface area contributed by atoms with E-state index in [9.17, 15) is 4.79 Å². The van der Waals surface area contributed by atoms with Gasteiger partial charge >= 0.3 is 5.97 Å². The van der Waals surface area contributed by atoms with Crippen molar-refractivity contribution in [3.8, 4) is 11.1 Å². The minimum Gasteiger partial charge on any atom is -0.481 e. The molecule has 2 rings (SSSR count). The highest BCUT2D eigenvalue weighted by Crippen LogP contribution is 2.20. The second kappa shape index (κ2) is 6.16. The van der Waals surface area contributed by atoms with Gasteiger partial charge in [-0.15, -0.1) is 0 Å². The molecule has 2 aromatic rings. The lowest BCUT2D eigenvalue weighted by Gasteiger charge is -2.05. The van der Waals surface area contributed by atoms with Gasteiger partial charge < -0.3 is 10.8 Å². The van der Waals surface area contributed by atoms with Crippen LogP contribution in [0.1, 0.15) is 17.5 Å². The van der Waals surface area contributed by atoms with Crippen LogP contribution in [-0.2, 0) is 17.8 Å². The SMILES string of the molecule is NCc1ccc(-c2ccc(CCC(=O)O)cc2)cc1. The number of carboxylic acids is 1. The molecule has 0 aliphatic heterocycles. The first-order chi connectivity index (χ1) is 9.19. The Morgan fingerprint density at radius 3 is 1.79 bits per heavy atom. The maximum atomic E-state index is 10.5. The second-order valence-electron chi connectivity index (χ2n) is 4.49. The first-order valence-corrected chi connectivity index (χ1v) is 6.29. The third kappa shape index (κ3) is 3.66. The Morgan fingerprint density at radius 1 is 0.895 bits per heavy atom. The Morgan fingerprint density at radius 2 is 1.37 bits per heavy atom. The molecule has 0 saturated heterocycles. The highest BCUT2D eigenvalue weighted by Gasteiger charge is 2.01. The molecule has 98 valence electrons. The van der Waals surface area contributed by atoms with Crippen LogP contribution in [0, 0.1) is 0 Å². The standard InChI is InChI=1S/C16H17NO2/c17-11-13-3-8-15(9-4-13)14-6-1-12(2-7-14)5-10-16(18)19/h1-4,6-9H,5,10-11,17H2,(H,18,19). The van der Waals surface area contributed by atoms with Gasteiger partial charge in [0.2, 0.25) is 0 Å². The Labute approximate surface area is 112 Å². The molecular weight excluding hydrogens is 238 g/mol. The van der Waals surface area contributed by atoms with Crippen LogP contribution in [0.15, 0.2) is 48.5 Å². The fourth-order valence-electron chi connectivity index (χ4n) is 1.95. The Bertz CT molecular complexity index is 544. The van der Waals surface area contributed by atoms with Crippen LogP contribution in [0.25, 0.3) is 11.1 Å². The summed E-state index contributed by atoms with van der Waals surface area (Å²) in [7, 11) is 0. The van der Waals surface area contributed by atoms with Crippen LogP contribution < -0.4 is 5.73 Å². The third-order valence-corrected chi connectivity index (χ3v) is 3.10. The zero-order valence-corrected chi connectivity index (χ0v) is 10.7. The highest BCUT2D eigenvalue weighted by atomic mass is 16.4. The molecule has 0 bridgehead atoms. The van der Waals surface area contributed by atoms with Gasteiger partial charge in [-0.2, -0.15) is 0 Å². The average molecular weight is 255 g/mol. The number of rotatable bonds is 5. The van der Waals surface area contributed by atoms with Gasteiger partial charge in [0.1, 0.15) is 0 Å². The quantitative estimate of drug-likeness (QED) is 0.863.